The Balaban J connectivity index is 0.000000296. The van der Waals surface area contributed by atoms with Crippen LogP contribution in [0.15, 0.2) is 71.4 Å². The number of nitrogens with two attached hydrogens (primary N) is 1. The van der Waals surface area contributed by atoms with Crippen LogP contribution >= 0.6 is 22.7 Å². The second-order valence-corrected chi connectivity index (χ2v) is 33.0. The molecule has 107 heavy (non-hydrogen) atoms. The minimum Gasteiger partial charge on any atom is -0.480 e. The predicted octanol–water partition coefficient (Wildman–Crippen LogP) is 11.4. The number of thiazole rings is 2. The van der Waals surface area contributed by atoms with Gasteiger partial charge >= 0.3 is 29.8 Å². The zero-order valence-corrected chi connectivity index (χ0v) is 68.1. The molecule has 0 spiro atoms. The van der Waals surface area contributed by atoms with E-state index in [2.05, 4.69) is 32.4 Å². The van der Waals surface area contributed by atoms with E-state index in [1.165, 1.54) is 57.2 Å². The molecule has 2 saturated carbocycles. The number of carbonyl (C=O) groups is 10. The van der Waals surface area contributed by atoms with Crippen LogP contribution in [0, 0.1) is 53.3 Å². The number of benzene rings is 2. The molecule has 5 N–H and O–H groups in total. The van der Waals surface area contributed by atoms with E-state index in [1.54, 1.807) is 48.5 Å². The van der Waals surface area contributed by atoms with Crippen LogP contribution in [-0.4, -0.2) is 191 Å². The monoisotopic (exact) mass is 1520 g/mol. The van der Waals surface area contributed by atoms with Gasteiger partial charge in [0.25, 0.3) is 11.8 Å². The number of hydrogen-bond donors (Lipinski definition) is 4. The maximum atomic E-state index is 14.4. The second-order valence-electron chi connectivity index (χ2n) is 31.2. The molecule has 4 aromatic rings. The molecule has 6 aliphatic rings. The molecule has 6 heterocycles. The van der Waals surface area contributed by atoms with E-state index in [0.29, 0.717) is 54.0 Å². The Morgan fingerprint density at radius 1 is 0.589 bits per heavy atom. The van der Waals surface area contributed by atoms with Crippen LogP contribution in [0.2, 0.25) is 0 Å². The number of likely N-dealkylation sites (N-methyl/N-ethyl adjacent to an activating group) is 3. The number of carbonyl (C=O) groups excluding carboxylic acids is 9. The van der Waals surface area contributed by atoms with E-state index in [0.717, 1.165) is 69.2 Å². The first-order valence-electron chi connectivity index (χ1n) is 38.1. The van der Waals surface area contributed by atoms with Crippen LogP contribution < -0.4 is 16.4 Å². The third-order valence-corrected chi connectivity index (χ3v) is 24.7. The van der Waals surface area contributed by atoms with Gasteiger partial charge in [-0.05, 0) is 138 Å². The molecular weight excluding hydrogens is 1400 g/mol. The van der Waals surface area contributed by atoms with E-state index in [9.17, 15) is 47.9 Å². The molecule has 4 bridgehead atoms. The number of fused-ring (bicyclic) bond motifs is 4. The van der Waals surface area contributed by atoms with Crippen molar-refractivity contribution in [1.82, 2.24) is 40.2 Å². The van der Waals surface area contributed by atoms with Crippen LogP contribution in [0.25, 0.3) is 0 Å². The first-order valence-corrected chi connectivity index (χ1v) is 39.9. The fraction of sp³-hybridized carbons (Fsp3) is 0.654. The Morgan fingerprint density at radius 2 is 0.972 bits per heavy atom. The Bertz CT molecular complexity index is 3600. The smallest absolute Gasteiger partial charge is 0.324 e. The van der Waals surface area contributed by atoms with Gasteiger partial charge in [0.2, 0.25) is 11.8 Å². The lowest BCUT2D eigenvalue weighted by Crippen LogP contribution is -2.65. The number of amides is 4. The van der Waals surface area contributed by atoms with Gasteiger partial charge < -0.3 is 50.2 Å². The van der Waals surface area contributed by atoms with Crippen molar-refractivity contribution in [3.8, 4) is 0 Å². The molecule has 0 unspecified atom stereocenters. The number of ketones is 1. The van der Waals surface area contributed by atoms with Gasteiger partial charge in [-0.15, -0.1) is 22.7 Å². The second kappa shape index (κ2) is 40.8. The number of nitrogens with zero attached hydrogens (tertiary/aromatic N) is 6. The highest BCUT2D eigenvalue weighted by molar-refractivity contribution is 7.10. The van der Waals surface area contributed by atoms with E-state index < -0.39 is 76.8 Å². The minimum absolute atomic E-state index is 0.00788. The minimum atomic E-state index is -0.800. The lowest BCUT2D eigenvalue weighted by atomic mass is 9.59. The number of ether oxygens (including phenoxy) is 4. The number of rotatable bonds is 36. The summed E-state index contributed by atoms with van der Waals surface area (Å²) in [6, 6.07) is 17.4. The number of carboxylic acids is 1. The number of nitrogens with one attached hydrogen (secondary N) is 2. The third-order valence-electron chi connectivity index (χ3n) is 22.8. The summed E-state index contributed by atoms with van der Waals surface area (Å²) in [7, 11) is 10.2. The van der Waals surface area contributed by atoms with Crippen molar-refractivity contribution in [2.75, 3.05) is 55.5 Å². The normalized spacial score (nSPS) is 21.4. The highest BCUT2D eigenvalue weighted by Gasteiger charge is 2.57. The summed E-state index contributed by atoms with van der Waals surface area (Å²) < 4.78 is 21.3. The van der Waals surface area contributed by atoms with Crippen LogP contribution in [0.1, 0.15) is 221 Å². The number of piperidine rings is 4. The summed E-state index contributed by atoms with van der Waals surface area (Å²) in [5.74, 6) is -3.14. The number of aromatic nitrogens is 2. The molecule has 4 saturated heterocycles. The Kier molecular flexibility index (Phi) is 33.7. The van der Waals surface area contributed by atoms with Gasteiger partial charge in [0, 0.05) is 88.1 Å². The highest BCUT2D eigenvalue weighted by Crippen LogP contribution is 2.50. The van der Waals surface area contributed by atoms with E-state index >= 15 is 0 Å². The summed E-state index contributed by atoms with van der Waals surface area (Å²) in [6.45, 7) is 24.1. The Labute approximate surface area is 642 Å². The van der Waals surface area contributed by atoms with Gasteiger partial charge in [-0.25, -0.2) is 9.97 Å². The molecule has 2 aliphatic carbocycles. The van der Waals surface area contributed by atoms with Crippen molar-refractivity contribution in [3.63, 3.8) is 0 Å². The fourth-order valence-electron chi connectivity index (χ4n) is 15.5. The van der Waals surface area contributed by atoms with Crippen LogP contribution in [-0.2, 0) is 70.1 Å². The van der Waals surface area contributed by atoms with E-state index in [-0.39, 0.29) is 102 Å². The van der Waals surface area contributed by atoms with Gasteiger partial charge in [-0.2, -0.15) is 0 Å². The number of esters is 4. The summed E-state index contributed by atoms with van der Waals surface area (Å²) >= 11 is 2.44. The quantitative estimate of drug-likeness (QED) is 0.0243. The van der Waals surface area contributed by atoms with Crippen LogP contribution in [0.4, 0.5) is 0 Å². The molecule has 4 amide bonds. The first kappa shape index (κ1) is 88.4. The lowest BCUT2D eigenvalue weighted by molar-refractivity contribution is -0.168. The predicted molar refractivity (Wildman–Crippen MR) is 413 cm³/mol. The largest absolute Gasteiger partial charge is 0.480 e. The van der Waals surface area contributed by atoms with Crippen molar-refractivity contribution >= 4 is 81.9 Å². The maximum Gasteiger partial charge on any atom is 0.324 e. The molecule has 24 nitrogen and oxygen atoms in total. The average Bonchev–Trinajstić information content (AvgIpc) is 1.10. The lowest BCUT2D eigenvalue weighted by Gasteiger charge is -2.57. The number of hydrogen-bond acceptors (Lipinski definition) is 21. The van der Waals surface area contributed by atoms with Gasteiger partial charge in [0.1, 0.15) is 26.9 Å². The van der Waals surface area contributed by atoms with Gasteiger partial charge in [-0.1, -0.05) is 143 Å². The molecule has 10 rings (SSSR count). The molecule has 2 aromatic heterocycles. The van der Waals surface area contributed by atoms with E-state index in [1.807, 2.05) is 128 Å². The van der Waals surface area contributed by atoms with Crippen molar-refractivity contribution in [2.45, 2.75) is 233 Å². The van der Waals surface area contributed by atoms with Gasteiger partial charge in [0.05, 0.1) is 37.6 Å². The first-order chi connectivity index (χ1) is 50.5. The molecule has 592 valence electrons. The standard InChI is InChI=1S/C41H60N4O7S.C32H48N4O6S.C8H13NO2/c1-10-26(4)32(20-36(47)41-22-30(23-41)16-17-44(41)7)39(49)45(8)34(25(2)3)21-35(52-28(6)46)38-43-33(24-53-38)37(48)42-31(18-27(5)40(50)51-9)19-29-14-12-11-13-15-29;1-9-20(4)28(33)31(39)36(7)26(19(2)3)17-27(42-22(6)37)30-35-25(18-43-30)29(38)34-24(15-21(5)32(40)41-8)16-23-13-11-10-12-14-23;1-9-3-2-6-4-8(9,5-6)7(10)11/h11-15,24-27,30-32,34-35H,10,16-23H2,1-9H3,(H,42,48);10-14,18-21,24,26-28H,9,15-17,33H2,1-8H3,(H,34,38);6H,2-5H2,1H3,(H,10,11)/t26-,27-,30?,31+,32-,34+,35+,41?;20-,21-,24+,26+,27+,28-;/m00./s1. The number of aliphatic carboxylic acids is 1. The summed E-state index contributed by atoms with van der Waals surface area (Å²) in [5.41, 5.74) is 7.74. The van der Waals surface area contributed by atoms with Gasteiger partial charge in [-0.3, -0.25) is 57.7 Å². The fourth-order valence-corrected chi connectivity index (χ4v) is 17.2. The molecule has 12 atom stereocenters. The van der Waals surface area contributed by atoms with Crippen molar-refractivity contribution in [3.05, 3.63) is 104 Å². The van der Waals surface area contributed by atoms with Crippen LogP contribution in [0.5, 0.6) is 0 Å². The summed E-state index contributed by atoms with van der Waals surface area (Å²) in [6.07, 6.45) is 8.39. The number of Topliss-reactive ketones (excluding diaryl/α,β-unsaturated/α-hetero) is 1. The van der Waals surface area contributed by atoms with Crippen LogP contribution in [0.3, 0.4) is 0 Å². The molecule has 6 fully saturated rings. The Hall–Kier alpha value is -7.52. The van der Waals surface area contributed by atoms with Crippen molar-refractivity contribution < 1.29 is 72.0 Å². The SMILES string of the molecule is CC[C@H](C)[C@H](CC(=O)C12CC(CCN1C)C2)C(=O)N(C)[C@H](C[C@@H](OC(C)=O)c1nc(C(=O)N[C@@H](Cc2ccccc2)C[C@H](C)C(=O)OC)cs1)C(C)C.CC[C@H](C)[C@H](N)C(=O)N(C)[C@H](C[C@@H](OC(C)=O)c1nc(C(=O)N[C@@H](Cc2ccccc2)C[C@H](C)C(=O)OC)cs1)C(C)C.CN1CCC2CC1(C(=O)O)C2. The summed E-state index contributed by atoms with van der Waals surface area (Å²) in [5, 5.41) is 19.2. The zero-order chi connectivity index (χ0) is 79.4. The third kappa shape index (κ3) is 23.7. The topological polar surface area (TPSA) is 317 Å². The molecule has 2 aromatic carbocycles. The molecular formula is C81H121N9O15S2. The Morgan fingerprint density at radius 3 is 1.31 bits per heavy atom. The molecule has 0 radical (unpaired) electrons. The highest BCUT2D eigenvalue weighted by atomic mass is 32.1. The van der Waals surface area contributed by atoms with E-state index in [4.69, 9.17) is 29.8 Å². The van der Waals surface area contributed by atoms with Crippen molar-refractivity contribution in [2.24, 2.45) is 59.0 Å². The molecule has 4 aliphatic heterocycles. The van der Waals surface area contributed by atoms with Gasteiger partial charge in [0.15, 0.2) is 18.0 Å². The molecule has 26 heteroatoms. The average molecular weight is 1530 g/mol. The summed E-state index contributed by atoms with van der Waals surface area (Å²) in [4.78, 5) is 145. The zero-order valence-electron chi connectivity index (χ0n) is 66.4. The number of methoxy groups -OCH3 is 2. The maximum absolute atomic E-state index is 14.4. The number of carboxylic acid groups (broad SMARTS) is 1. The van der Waals surface area contributed by atoms with Crippen molar-refractivity contribution in [1.29, 1.82) is 0 Å².